The van der Waals surface area contributed by atoms with Crippen molar-refractivity contribution in [3.05, 3.63) is 0 Å². The second-order valence-electron chi connectivity index (χ2n) is 2.82. The summed E-state index contributed by atoms with van der Waals surface area (Å²) >= 11 is 0. The van der Waals surface area contributed by atoms with Gasteiger partial charge >= 0.3 is 0 Å². The van der Waals surface area contributed by atoms with Gasteiger partial charge in [-0.25, -0.2) is 8.78 Å². The van der Waals surface area contributed by atoms with Crippen LogP contribution in [-0.2, 0) is 0 Å². The predicted octanol–water partition coefficient (Wildman–Crippen LogP) is 1.50. The number of rotatable bonds is 3. The highest BCUT2D eigenvalue weighted by Crippen LogP contribution is 2.22. The number of alkyl halides is 2. The van der Waals surface area contributed by atoms with Gasteiger partial charge in [0.2, 0.25) is 6.43 Å². The first-order valence-corrected chi connectivity index (χ1v) is 2.93. The van der Waals surface area contributed by atoms with E-state index in [0.717, 1.165) is 0 Å². The lowest BCUT2D eigenvalue weighted by Crippen LogP contribution is -2.33. The fraction of sp³-hybridized carbons (Fsp3) is 1.00. The molecular weight excluding hydrogens is 124 g/mol. The van der Waals surface area contributed by atoms with Crippen LogP contribution in [-0.4, -0.2) is 20.0 Å². The lowest BCUT2D eigenvalue weighted by molar-refractivity contribution is 0.0214. The summed E-state index contributed by atoms with van der Waals surface area (Å²) in [6, 6.07) is 0. The zero-order valence-electron chi connectivity index (χ0n) is 6.04. The number of nitrogens with one attached hydrogen (secondary N) is 1. The van der Waals surface area contributed by atoms with Crippen molar-refractivity contribution in [2.24, 2.45) is 5.41 Å². The second-order valence-corrected chi connectivity index (χ2v) is 2.82. The maximum atomic E-state index is 12.0. The molecule has 0 aromatic rings. The van der Waals surface area contributed by atoms with Crippen molar-refractivity contribution in [3.8, 4) is 0 Å². The Hall–Kier alpha value is -0.180. The average Bonchev–Trinajstić information content (AvgIpc) is 1.65. The minimum absolute atomic E-state index is 0.352. The van der Waals surface area contributed by atoms with Gasteiger partial charge in [-0.1, -0.05) is 13.8 Å². The normalized spacial score (nSPS) is 12.7. The first-order valence-electron chi connectivity index (χ1n) is 2.93. The van der Waals surface area contributed by atoms with Crippen LogP contribution in [0.15, 0.2) is 0 Å². The van der Waals surface area contributed by atoms with E-state index >= 15 is 0 Å². The third-order valence-corrected chi connectivity index (χ3v) is 1.22. The molecule has 9 heavy (non-hydrogen) atoms. The van der Waals surface area contributed by atoms with Crippen LogP contribution < -0.4 is 5.32 Å². The van der Waals surface area contributed by atoms with Crippen LogP contribution in [0.5, 0.6) is 0 Å². The third kappa shape index (κ3) is 2.75. The first-order chi connectivity index (χ1) is 4.00. The van der Waals surface area contributed by atoms with Gasteiger partial charge in [0.1, 0.15) is 0 Å². The topological polar surface area (TPSA) is 12.0 Å². The summed E-state index contributed by atoms with van der Waals surface area (Å²) in [4.78, 5) is 0. The van der Waals surface area contributed by atoms with E-state index in [-0.39, 0.29) is 0 Å². The number of halogens is 2. The molecule has 0 saturated heterocycles. The maximum Gasteiger partial charge on any atom is 0.244 e. The largest absolute Gasteiger partial charge is 0.319 e. The van der Waals surface area contributed by atoms with Crippen LogP contribution in [0, 0.1) is 5.41 Å². The molecule has 0 rings (SSSR count). The molecule has 0 amide bonds. The highest BCUT2D eigenvalue weighted by Gasteiger charge is 2.28. The molecule has 0 aliphatic carbocycles. The molecule has 56 valence electrons. The Labute approximate surface area is 54.4 Å². The van der Waals surface area contributed by atoms with E-state index in [9.17, 15) is 8.78 Å². The lowest BCUT2D eigenvalue weighted by atomic mass is 9.94. The molecule has 0 bridgehead atoms. The van der Waals surface area contributed by atoms with Gasteiger partial charge in [0, 0.05) is 12.0 Å². The minimum Gasteiger partial charge on any atom is -0.319 e. The molecular formula is C6H13F2N. The molecule has 0 fully saturated rings. The minimum atomic E-state index is -2.25. The molecule has 0 heterocycles. The van der Waals surface area contributed by atoms with Gasteiger partial charge in [0.25, 0.3) is 0 Å². The molecule has 0 aliphatic rings. The summed E-state index contributed by atoms with van der Waals surface area (Å²) in [5, 5.41) is 2.71. The summed E-state index contributed by atoms with van der Waals surface area (Å²) in [6.45, 7) is 3.42. The highest BCUT2D eigenvalue weighted by atomic mass is 19.3. The van der Waals surface area contributed by atoms with Crippen molar-refractivity contribution >= 4 is 0 Å². The van der Waals surface area contributed by atoms with Gasteiger partial charge in [-0.15, -0.1) is 0 Å². The van der Waals surface area contributed by atoms with Crippen molar-refractivity contribution in [2.45, 2.75) is 20.3 Å². The van der Waals surface area contributed by atoms with Gasteiger partial charge in [0.05, 0.1) is 0 Å². The number of hydrogen-bond acceptors (Lipinski definition) is 1. The Balaban J connectivity index is 3.70. The van der Waals surface area contributed by atoms with Crippen LogP contribution >= 0.6 is 0 Å². The second kappa shape index (κ2) is 3.11. The van der Waals surface area contributed by atoms with E-state index in [1.165, 1.54) is 13.8 Å². The third-order valence-electron chi connectivity index (χ3n) is 1.22. The highest BCUT2D eigenvalue weighted by molar-refractivity contribution is 4.72. The predicted molar refractivity (Wildman–Crippen MR) is 33.7 cm³/mol. The Morgan fingerprint density at radius 3 is 2.00 bits per heavy atom. The van der Waals surface area contributed by atoms with Crippen molar-refractivity contribution in [1.82, 2.24) is 5.32 Å². The molecule has 0 saturated carbocycles. The standard InChI is InChI=1S/C6H13F2N/c1-6(2,4-9-3)5(7)8/h5,9H,4H2,1-3H3. The van der Waals surface area contributed by atoms with Crippen LogP contribution in [0.3, 0.4) is 0 Å². The molecule has 0 spiro atoms. The maximum absolute atomic E-state index is 12.0. The van der Waals surface area contributed by atoms with Crippen molar-refractivity contribution < 1.29 is 8.78 Å². The summed E-state index contributed by atoms with van der Waals surface area (Å²) in [7, 11) is 1.67. The Morgan fingerprint density at radius 1 is 1.44 bits per heavy atom. The molecule has 0 aromatic heterocycles. The summed E-state index contributed by atoms with van der Waals surface area (Å²) in [6.07, 6.45) is -2.25. The molecule has 0 unspecified atom stereocenters. The van der Waals surface area contributed by atoms with Crippen molar-refractivity contribution in [3.63, 3.8) is 0 Å². The smallest absolute Gasteiger partial charge is 0.244 e. The zero-order chi connectivity index (χ0) is 7.49. The summed E-state index contributed by atoms with van der Waals surface area (Å²) in [5.74, 6) is 0. The Kier molecular flexibility index (Phi) is 3.04. The fourth-order valence-corrected chi connectivity index (χ4v) is 0.533. The Bertz CT molecular complexity index is 81.1. The molecule has 0 radical (unpaired) electrons. The summed E-state index contributed by atoms with van der Waals surface area (Å²) in [5.41, 5.74) is -0.894. The molecule has 0 aromatic carbocycles. The van der Waals surface area contributed by atoms with Gasteiger partial charge in [-0.05, 0) is 7.05 Å². The van der Waals surface area contributed by atoms with Crippen LogP contribution in [0.4, 0.5) is 8.78 Å². The van der Waals surface area contributed by atoms with E-state index < -0.39 is 11.8 Å². The van der Waals surface area contributed by atoms with Crippen LogP contribution in [0.25, 0.3) is 0 Å². The monoisotopic (exact) mass is 137 g/mol. The fourth-order valence-electron chi connectivity index (χ4n) is 0.533. The van der Waals surface area contributed by atoms with E-state index in [2.05, 4.69) is 5.32 Å². The van der Waals surface area contributed by atoms with Crippen LogP contribution in [0.1, 0.15) is 13.8 Å². The Morgan fingerprint density at radius 2 is 1.89 bits per heavy atom. The molecule has 1 nitrogen and oxygen atoms in total. The molecule has 3 heteroatoms. The van der Waals surface area contributed by atoms with E-state index in [1.54, 1.807) is 7.05 Å². The van der Waals surface area contributed by atoms with Gasteiger partial charge < -0.3 is 5.32 Å². The lowest BCUT2D eigenvalue weighted by Gasteiger charge is -2.22. The van der Waals surface area contributed by atoms with Crippen molar-refractivity contribution in [1.29, 1.82) is 0 Å². The molecule has 0 aliphatic heterocycles. The van der Waals surface area contributed by atoms with Gasteiger partial charge in [-0.2, -0.15) is 0 Å². The molecule has 1 N–H and O–H groups in total. The summed E-state index contributed by atoms with van der Waals surface area (Å²) < 4.78 is 23.9. The van der Waals surface area contributed by atoms with E-state index in [1.807, 2.05) is 0 Å². The van der Waals surface area contributed by atoms with Crippen LogP contribution in [0.2, 0.25) is 0 Å². The first kappa shape index (κ1) is 8.82. The van der Waals surface area contributed by atoms with E-state index in [4.69, 9.17) is 0 Å². The quantitative estimate of drug-likeness (QED) is 0.621. The SMILES string of the molecule is CNCC(C)(C)C(F)F. The van der Waals surface area contributed by atoms with Gasteiger partial charge in [0.15, 0.2) is 0 Å². The average molecular weight is 137 g/mol. The molecule has 0 atom stereocenters. The van der Waals surface area contributed by atoms with Gasteiger partial charge in [-0.3, -0.25) is 0 Å². The zero-order valence-corrected chi connectivity index (χ0v) is 6.04. The van der Waals surface area contributed by atoms with E-state index in [0.29, 0.717) is 6.54 Å². The van der Waals surface area contributed by atoms with Crippen molar-refractivity contribution in [2.75, 3.05) is 13.6 Å². The number of hydrogen-bond donors (Lipinski definition) is 1.